The summed E-state index contributed by atoms with van der Waals surface area (Å²) >= 11 is 0. The molecule has 0 radical (unpaired) electrons. The molecule has 1 aromatic rings. The number of benzene rings is 1. The first kappa shape index (κ1) is 27.7. The number of amides is 1. The highest BCUT2D eigenvalue weighted by Gasteiger charge is 2.64. The molecule has 10 heteroatoms. The van der Waals surface area contributed by atoms with Gasteiger partial charge in [0.15, 0.2) is 11.4 Å². The number of anilines is 1. The van der Waals surface area contributed by atoms with Crippen LogP contribution in [0.4, 0.5) is 5.69 Å². The Balaban J connectivity index is 1.97. The maximum atomic E-state index is 14.0. The summed E-state index contributed by atoms with van der Waals surface area (Å²) in [6.07, 6.45) is 1.68. The van der Waals surface area contributed by atoms with Crippen LogP contribution in [-0.4, -0.2) is 82.6 Å². The average molecular weight is 528 g/mol. The molecule has 1 fully saturated rings. The van der Waals surface area contributed by atoms with Crippen LogP contribution in [0.15, 0.2) is 23.0 Å². The lowest BCUT2D eigenvalue weighted by Gasteiger charge is -2.50. The lowest BCUT2D eigenvalue weighted by atomic mass is 9.57. The Labute approximate surface area is 222 Å². The van der Waals surface area contributed by atoms with Crippen molar-refractivity contribution in [2.24, 2.45) is 23.5 Å². The van der Waals surface area contributed by atoms with Crippen LogP contribution in [0.3, 0.4) is 0 Å². The lowest BCUT2D eigenvalue weighted by Crippen LogP contribution is -2.65. The number of phenolic OH excluding ortho intramolecular Hbond substituents is 1. The molecule has 6 N–H and O–H groups in total. The minimum atomic E-state index is -2.64. The molecule has 0 aliphatic heterocycles. The fourth-order valence-electron chi connectivity index (χ4n) is 6.38. The molecule has 4 unspecified atom stereocenters. The average Bonchev–Trinajstić information content (AvgIpc) is 2.80. The number of aryl methyl sites for hydroxylation is 1. The number of primary amides is 1. The van der Waals surface area contributed by atoms with Crippen LogP contribution in [-0.2, 0) is 27.2 Å². The number of phenols is 1. The second-order valence-corrected chi connectivity index (χ2v) is 11.5. The minimum Gasteiger partial charge on any atom is -0.508 e. The van der Waals surface area contributed by atoms with Gasteiger partial charge in [-0.1, -0.05) is 13.8 Å². The van der Waals surface area contributed by atoms with E-state index >= 15 is 0 Å². The first-order chi connectivity index (χ1) is 17.6. The molecular weight excluding hydrogens is 490 g/mol. The van der Waals surface area contributed by atoms with Crippen LogP contribution in [0.2, 0.25) is 0 Å². The van der Waals surface area contributed by atoms with E-state index in [4.69, 9.17) is 5.73 Å². The second-order valence-electron chi connectivity index (χ2n) is 11.5. The van der Waals surface area contributed by atoms with Gasteiger partial charge in [0.2, 0.25) is 5.78 Å². The number of nitrogens with two attached hydrogens (primary N) is 1. The van der Waals surface area contributed by atoms with Gasteiger partial charge in [-0.3, -0.25) is 19.3 Å². The number of fused-ring (bicyclic) bond motifs is 3. The molecule has 10 nitrogen and oxygen atoms in total. The van der Waals surface area contributed by atoms with E-state index in [0.717, 1.165) is 12.1 Å². The summed E-state index contributed by atoms with van der Waals surface area (Å²) in [6.45, 7) is 4.14. The van der Waals surface area contributed by atoms with E-state index in [2.05, 4.69) is 13.8 Å². The number of hydrogen-bond donors (Lipinski definition) is 5. The normalized spacial score (nSPS) is 27.0. The predicted molar refractivity (Wildman–Crippen MR) is 142 cm³/mol. The number of hydrogen-bond acceptors (Lipinski definition) is 9. The highest BCUT2D eigenvalue weighted by atomic mass is 16.3. The third-order valence-electron chi connectivity index (χ3n) is 8.25. The van der Waals surface area contributed by atoms with Crippen LogP contribution in [0, 0.1) is 17.8 Å². The van der Waals surface area contributed by atoms with Crippen LogP contribution < -0.4 is 10.6 Å². The number of nitrogens with zero attached hydrogens (tertiary/aromatic N) is 2. The molecule has 0 spiro atoms. The first-order valence-corrected chi connectivity index (χ1v) is 12.8. The van der Waals surface area contributed by atoms with Gasteiger partial charge in [-0.15, -0.1) is 0 Å². The molecule has 206 valence electrons. The summed E-state index contributed by atoms with van der Waals surface area (Å²) in [6, 6.07) is 0.795. The Morgan fingerprint density at radius 3 is 2.32 bits per heavy atom. The third-order valence-corrected chi connectivity index (χ3v) is 8.25. The maximum Gasteiger partial charge on any atom is 0.255 e. The van der Waals surface area contributed by atoms with Crippen molar-refractivity contribution < 1.29 is 34.8 Å². The largest absolute Gasteiger partial charge is 0.508 e. The Morgan fingerprint density at radius 1 is 1.16 bits per heavy atom. The summed E-state index contributed by atoms with van der Waals surface area (Å²) in [7, 11) is 6.87. The molecule has 1 aromatic carbocycles. The molecule has 0 aromatic heterocycles. The molecule has 4 rings (SSSR count). The summed E-state index contributed by atoms with van der Waals surface area (Å²) in [5.74, 6) is -6.02. The van der Waals surface area contributed by atoms with Gasteiger partial charge in [0.1, 0.15) is 22.8 Å². The Kier molecular flexibility index (Phi) is 6.86. The van der Waals surface area contributed by atoms with Gasteiger partial charge >= 0.3 is 0 Å². The molecule has 4 atom stereocenters. The van der Waals surface area contributed by atoms with Gasteiger partial charge in [0.25, 0.3) is 5.91 Å². The van der Waals surface area contributed by atoms with Gasteiger partial charge in [0.05, 0.1) is 11.6 Å². The van der Waals surface area contributed by atoms with Crippen molar-refractivity contribution in [3.05, 3.63) is 39.7 Å². The van der Waals surface area contributed by atoms with E-state index in [0.29, 0.717) is 23.5 Å². The minimum absolute atomic E-state index is 0.0640. The number of rotatable bonds is 6. The summed E-state index contributed by atoms with van der Waals surface area (Å²) < 4.78 is 0. The fraction of sp³-hybridized carbons (Fsp3) is 0.536. The smallest absolute Gasteiger partial charge is 0.255 e. The van der Waals surface area contributed by atoms with Crippen molar-refractivity contribution in [1.29, 1.82) is 0 Å². The van der Waals surface area contributed by atoms with Gasteiger partial charge in [-0.2, -0.15) is 0 Å². The van der Waals surface area contributed by atoms with Gasteiger partial charge in [-0.25, -0.2) is 0 Å². The van der Waals surface area contributed by atoms with Crippen LogP contribution in [0.25, 0.3) is 5.76 Å². The molecular formula is C28H37N3O7. The van der Waals surface area contributed by atoms with E-state index < -0.39 is 58.0 Å². The SMILES string of the molecule is CC(C)CCc1cc(N(C)C)c2c(c1O)C(O)=C1C(=O)C3(O)C(O)=C(C(N)=O)C(=O)C(N(C)C)C3CC1C2. The number of carbonyl (C=O) groups excluding carboxylic acids is 3. The molecule has 0 bridgehead atoms. The van der Waals surface area contributed by atoms with Crippen molar-refractivity contribution in [1.82, 2.24) is 4.90 Å². The second kappa shape index (κ2) is 9.43. The predicted octanol–water partition coefficient (Wildman–Crippen LogP) is 1.62. The van der Waals surface area contributed by atoms with E-state index in [-0.39, 0.29) is 29.7 Å². The molecule has 0 saturated heterocycles. The number of carbonyl (C=O) groups is 3. The molecule has 3 aliphatic rings. The van der Waals surface area contributed by atoms with Gasteiger partial charge in [-0.05, 0) is 68.8 Å². The zero-order valence-corrected chi connectivity index (χ0v) is 22.7. The van der Waals surface area contributed by atoms with E-state index in [1.807, 2.05) is 25.1 Å². The maximum absolute atomic E-state index is 14.0. The third kappa shape index (κ3) is 3.89. The van der Waals surface area contributed by atoms with Crippen molar-refractivity contribution in [2.45, 2.75) is 51.2 Å². The molecule has 1 amide bonds. The molecule has 38 heavy (non-hydrogen) atoms. The summed E-state index contributed by atoms with van der Waals surface area (Å²) in [4.78, 5) is 42.7. The summed E-state index contributed by atoms with van der Waals surface area (Å²) in [5, 5.41) is 45.5. The lowest BCUT2D eigenvalue weighted by molar-refractivity contribution is -0.153. The van der Waals surface area contributed by atoms with Crippen molar-refractivity contribution >= 4 is 28.9 Å². The standard InChI is InChI=1S/C28H37N3O7/c1-12(2)7-8-13-11-17(30(3)4)15-9-14-10-16-21(31(5)6)24(34)20(27(29)37)26(36)28(16,38)25(35)18(14)23(33)19(15)22(13)32/h11-12,14,16,21,32-33,36,38H,7-10H2,1-6H3,(H2,29,37). The Morgan fingerprint density at radius 2 is 1.79 bits per heavy atom. The van der Waals surface area contributed by atoms with Crippen molar-refractivity contribution in [3.8, 4) is 5.75 Å². The van der Waals surface area contributed by atoms with Crippen LogP contribution in [0.1, 0.15) is 43.4 Å². The number of aliphatic hydroxyl groups excluding tert-OH is 2. The molecule has 3 aliphatic carbocycles. The zero-order chi connectivity index (χ0) is 28.4. The zero-order valence-electron chi connectivity index (χ0n) is 22.7. The number of Topliss-reactive ketones (excluding diaryl/α,β-unsaturated/α-hetero) is 2. The number of likely N-dealkylation sites (N-methyl/N-ethyl adjacent to an activating group) is 1. The first-order valence-electron chi connectivity index (χ1n) is 12.8. The van der Waals surface area contributed by atoms with Crippen molar-refractivity contribution in [2.75, 3.05) is 33.1 Å². The van der Waals surface area contributed by atoms with E-state index in [1.54, 1.807) is 14.1 Å². The highest BCUT2D eigenvalue weighted by Crippen LogP contribution is 2.54. The Bertz CT molecular complexity index is 1290. The topological polar surface area (TPSA) is 165 Å². The van der Waals surface area contributed by atoms with E-state index in [1.165, 1.54) is 4.90 Å². The van der Waals surface area contributed by atoms with E-state index in [9.17, 15) is 34.8 Å². The van der Waals surface area contributed by atoms with Crippen LogP contribution >= 0.6 is 0 Å². The Hall–Kier alpha value is -3.37. The number of aromatic hydroxyl groups is 1. The molecule has 0 heterocycles. The molecule has 1 saturated carbocycles. The summed E-state index contributed by atoms with van der Waals surface area (Å²) in [5.41, 5.74) is 3.98. The van der Waals surface area contributed by atoms with Crippen molar-refractivity contribution in [3.63, 3.8) is 0 Å². The number of ketones is 2. The van der Waals surface area contributed by atoms with Crippen LogP contribution in [0.5, 0.6) is 5.75 Å². The van der Waals surface area contributed by atoms with Gasteiger partial charge < -0.3 is 31.1 Å². The monoisotopic (exact) mass is 527 g/mol. The highest BCUT2D eigenvalue weighted by molar-refractivity contribution is 6.24. The fourth-order valence-corrected chi connectivity index (χ4v) is 6.38. The quantitative estimate of drug-likeness (QED) is 0.346. The van der Waals surface area contributed by atoms with Gasteiger partial charge in [0, 0.05) is 31.3 Å². The number of aliphatic hydroxyl groups is 3.